The standard InChI is InChI=1S/C25H23FN2O4/c1-32-20-8-3-2-7-18(20)27-21(29)13-19(14-5-4-6-17(26)12-14)28-24(30)22-15-9-10-16(11-15)23(22)25(28)31/h2-10,12,15-16,19,22-23H,11,13H2,1H3,(H,27,29). The molecule has 2 bridgehead atoms. The van der Waals surface area contributed by atoms with Gasteiger partial charge in [-0.3, -0.25) is 19.3 Å². The Morgan fingerprint density at radius 3 is 2.44 bits per heavy atom. The van der Waals surface area contributed by atoms with Gasteiger partial charge in [0.15, 0.2) is 0 Å². The summed E-state index contributed by atoms with van der Waals surface area (Å²) in [4.78, 5) is 40.9. The number of amides is 3. The number of hydrogen-bond donors (Lipinski definition) is 1. The molecule has 164 valence electrons. The molecule has 1 N–H and O–H groups in total. The van der Waals surface area contributed by atoms with Crippen LogP contribution in [0.4, 0.5) is 10.1 Å². The van der Waals surface area contributed by atoms with Gasteiger partial charge < -0.3 is 10.1 Å². The third-order valence-electron chi connectivity index (χ3n) is 6.81. The number of fused-ring (bicyclic) bond motifs is 5. The van der Waals surface area contributed by atoms with Gasteiger partial charge in [0.05, 0.1) is 37.1 Å². The molecule has 2 aliphatic carbocycles. The number of nitrogens with zero attached hydrogens (tertiary/aromatic N) is 1. The average Bonchev–Trinajstić information content (AvgIpc) is 3.46. The van der Waals surface area contributed by atoms with Crippen LogP contribution in [0.1, 0.15) is 24.4 Å². The number of anilines is 1. The average molecular weight is 434 g/mol. The summed E-state index contributed by atoms with van der Waals surface area (Å²) in [5.41, 5.74) is 0.901. The van der Waals surface area contributed by atoms with Crippen LogP contribution in [0.25, 0.3) is 0 Å². The minimum atomic E-state index is -0.884. The third kappa shape index (κ3) is 3.28. The molecule has 0 aromatic heterocycles. The fourth-order valence-electron chi connectivity index (χ4n) is 5.43. The summed E-state index contributed by atoms with van der Waals surface area (Å²) >= 11 is 0. The van der Waals surface area contributed by atoms with Gasteiger partial charge in [0.2, 0.25) is 17.7 Å². The normalized spacial score (nSPS) is 26.4. The van der Waals surface area contributed by atoms with Crippen molar-refractivity contribution in [2.75, 3.05) is 12.4 Å². The lowest BCUT2D eigenvalue weighted by molar-refractivity contribution is -0.144. The maximum atomic E-state index is 14.0. The molecular formula is C25H23FN2O4. The lowest BCUT2D eigenvalue weighted by atomic mass is 9.85. The maximum absolute atomic E-state index is 14.0. The van der Waals surface area contributed by atoms with Gasteiger partial charge in [-0.15, -0.1) is 0 Å². The molecule has 2 fully saturated rings. The second kappa shape index (κ2) is 7.89. The summed E-state index contributed by atoms with van der Waals surface area (Å²) in [6.45, 7) is 0. The Labute approximate surface area is 185 Å². The summed E-state index contributed by atoms with van der Waals surface area (Å²) in [7, 11) is 1.50. The molecule has 0 radical (unpaired) electrons. The van der Waals surface area contributed by atoms with Crippen LogP contribution >= 0.6 is 0 Å². The van der Waals surface area contributed by atoms with Crippen LogP contribution in [-0.4, -0.2) is 29.7 Å². The molecule has 0 spiro atoms. The lowest BCUT2D eigenvalue weighted by Gasteiger charge is -2.28. The molecule has 1 heterocycles. The van der Waals surface area contributed by atoms with Crippen LogP contribution in [0, 0.1) is 29.5 Å². The quantitative estimate of drug-likeness (QED) is 0.556. The smallest absolute Gasteiger partial charge is 0.234 e. The number of nitrogens with one attached hydrogen (secondary N) is 1. The first-order chi connectivity index (χ1) is 15.5. The number of imide groups is 1. The fraction of sp³-hybridized carbons (Fsp3) is 0.320. The maximum Gasteiger partial charge on any atom is 0.234 e. The zero-order chi connectivity index (χ0) is 22.4. The van der Waals surface area contributed by atoms with E-state index >= 15 is 0 Å². The number of halogens is 1. The van der Waals surface area contributed by atoms with Gasteiger partial charge in [-0.2, -0.15) is 0 Å². The predicted molar refractivity (Wildman–Crippen MR) is 115 cm³/mol. The molecule has 5 rings (SSSR count). The number of carbonyl (C=O) groups is 3. The van der Waals surface area contributed by atoms with Crippen molar-refractivity contribution in [2.45, 2.75) is 18.9 Å². The molecule has 2 aromatic carbocycles. The number of likely N-dealkylation sites (tertiary alicyclic amines) is 1. The number of ether oxygens (including phenoxy) is 1. The van der Waals surface area contributed by atoms with Crippen LogP contribution < -0.4 is 10.1 Å². The highest BCUT2D eigenvalue weighted by molar-refractivity contribution is 6.07. The van der Waals surface area contributed by atoms with Gasteiger partial charge in [0, 0.05) is 0 Å². The number of methoxy groups -OCH3 is 1. The predicted octanol–water partition coefficient (Wildman–Crippen LogP) is 3.71. The Morgan fingerprint density at radius 2 is 1.78 bits per heavy atom. The van der Waals surface area contributed by atoms with E-state index in [2.05, 4.69) is 5.32 Å². The number of hydrogen-bond acceptors (Lipinski definition) is 4. The number of allylic oxidation sites excluding steroid dienone is 2. The molecule has 2 aromatic rings. The Bertz CT molecular complexity index is 1100. The van der Waals surface area contributed by atoms with Crippen molar-refractivity contribution in [2.24, 2.45) is 23.7 Å². The van der Waals surface area contributed by atoms with E-state index in [9.17, 15) is 18.8 Å². The van der Waals surface area contributed by atoms with E-state index in [1.54, 1.807) is 30.3 Å². The van der Waals surface area contributed by atoms with Crippen molar-refractivity contribution in [1.82, 2.24) is 4.90 Å². The monoisotopic (exact) mass is 434 g/mol. The van der Waals surface area contributed by atoms with E-state index in [0.29, 0.717) is 17.0 Å². The molecule has 6 nitrogen and oxygen atoms in total. The molecule has 5 unspecified atom stereocenters. The molecule has 5 atom stereocenters. The number of carbonyl (C=O) groups excluding carboxylic acids is 3. The van der Waals surface area contributed by atoms with Crippen molar-refractivity contribution in [3.63, 3.8) is 0 Å². The Morgan fingerprint density at radius 1 is 1.09 bits per heavy atom. The molecule has 1 saturated heterocycles. The van der Waals surface area contributed by atoms with E-state index in [1.165, 1.54) is 30.2 Å². The zero-order valence-electron chi connectivity index (χ0n) is 17.5. The third-order valence-corrected chi connectivity index (χ3v) is 6.81. The van der Waals surface area contributed by atoms with Crippen molar-refractivity contribution >= 4 is 23.4 Å². The Balaban J connectivity index is 1.45. The largest absolute Gasteiger partial charge is 0.495 e. The van der Waals surface area contributed by atoms with Gasteiger partial charge in [-0.1, -0.05) is 36.4 Å². The minimum absolute atomic E-state index is 0.0574. The molecule has 3 aliphatic rings. The topological polar surface area (TPSA) is 75.7 Å². The molecular weight excluding hydrogens is 411 g/mol. The van der Waals surface area contributed by atoms with Crippen LogP contribution in [0.5, 0.6) is 5.75 Å². The summed E-state index contributed by atoms with van der Waals surface area (Å²) in [6, 6.07) is 11.8. The highest BCUT2D eigenvalue weighted by Crippen LogP contribution is 2.54. The fourth-order valence-corrected chi connectivity index (χ4v) is 5.43. The molecule has 1 saturated carbocycles. The summed E-state index contributed by atoms with van der Waals surface area (Å²) in [5, 5.41) is 2.79. The first-order valence-corrected chi connectivity index (χ1v) is 10.7. The van der Waals surface area contributed by atoms with Crippen molar-refractivity contribution in [1.29, 1.82) is 0 Å². The van der Waals surface area contributed by atoms with Gasteiger partial charge >= 0.3 is 0 Å². The van der Waals surface area contributed by atoms with E-state index in [1.807, 2.05) is 12.2 Å². The molecule has 7 heteroatoms. The van der Waals surface area contributed by atoms with E-state index < -0.39 is 17.8 Å². The van der Waals surface area contributed by atoms with E-state index in [-0.39, 0.29) is 41.9 Å². The molecule has 1 aliphatic heterocycles. The second-order valence-electron chi connectivity index (χ2n) is 8.57. The summed E-state index contributed by atoms with van der Waals surface area (Å²) in [5.74, 6) is -1.58. The van der Waals surface area contributed by atoms with Crippen LogP contribution in [0.3, 0.4) is 0 Å². The van der Waals surface area contributed by atoms with E-state index in [0.717, 1.165) is 6.42 Å². The highest BCUT2D eigenvalue weighted by atomic mass is 19.1. The SMILES string of the molecule is COc1ccccc1NC(=O)CC(c1cccc(F)c1)N1C(=O)C2C3C=CC(C3)C2C1=O. The van der Waals surface area contributed by atoms with Gasteiger partial charge in [0.1, 0.15) is 11.6 Å². The van der Waals surface area contributed by atoms with Crippen LogP contribution in [0.2, 0.25) is 0 Å². The number of rotatable bonds is 6. The van der Waals surface area contributed by atoms with Crippen molar-refractivity contribution in [3.8, 4) is 5.75 Å². The van der Waals surface area contributed by atoms with Gasteiger partial charge in [-0.25, -0.2) is 4.39 Å². The van der Waals surface area contributed by atoms with Crippen molar-refractivity contribution < 1.29 is 23.5 Å². The highest BCUT2D eigenvalue weighted by Gasteiger charge is 2.60. The Kier molecular flexibility index (Phi) is 5.04. The second-order valence-corrected chi connectivity index (χ2v) is 8.57. The summed E-state index contributed by atoms with van der Waals surface area (Å²) < 4.78 is 19.3. The zero-order valence-corrected chi connectivity index (χ0v) is 17.5. The first-order valence-electron chi connectivity index (χ1n) is 10.7. The number of para-hydroxylation sites is 2. The van der Waals surface area contributed by atoms with Crippen LogP contribution in [-0.2, 0) is 14.4 Å². The Hall–Kier alpha value is -3.48. The molecule has 3 amide bonds. The minimum Gasteiger partial charge on any atom is -0.495 e. The van der Waals surface area contributed by atoms with Crippen LogP contribution in [0.15, 0.2) is 60.7 Å². The molecule has 32 heavy (non-hydrogen) atoms. The number of benzene rings is 2. The van der Waals surface area contributed by atoms with Gasteiger partial charge in [0.25, 0.3) is 0 Å². The lowest BCUT2D eigenvalue weighted by Crippen LogP contribution is -2.38. The summed E-state index contributed by atoms with van der Waals surface area (Å²) in [6.07, 6.45) is 4.68. The van der Waals surface area contributed by atoms with Gasteiger partial charge in [-0.05, 0) is 48.1 Å². The first kappa shape index (κ1) is 20.4. The van der Waals surface area contributed by atoms with Crippen molar-refractivity contribution in [3.05, 3.63) is 72.1 Å². The van der Waals surface area contributed by atoms with E-state index in [4.69, 9.17) is 4.74 Å².